The zero-order valence-corrected chi connectivity index (χ0v) is 71.5. The van der Waals surface area contributed by atoms with E-state index in [4.69, 9.17) is 0 Å². The van der Waals surface area contributed by atoms with E-state index in [0.717, 1.165) is 17.8 Å². The Balaban J connectivity index is 0.000000143. The molecule has 4 saturated carbocycles. The Morgan fingerprint density at radius 2 is 0.514 bits per heavy atom. The van der Waals surface area contributed by atoms with Crippen LogP contribution >= 0.6 is 0 Å². The van der Waals surface area contributed by atoms with Crippen molar-refractivity contribution in [2.24, 2.45) is 5.41 Å². The number of alkyl halides is 2. The van der Waals surface area contributed by atoms with Gasteiger partial charge in [-0.15, -0.1) is 0 Å². The second-order valence-corrected chi connectivity index (χ2v) is 39.6. The van der Waals surface area contributed by atoms with Crippen molar-refractivity contribution in [3.63, 3.8) is 0 Å². The maximum absolute atomic E-state index is 13.5. The van der Waals surface area contributed by atoms with Crippen LogP contribution in [0.2, 0.25) is 0 Å². The Kier molecular flexibility index (Phi) is 25.9. The first-order chi connectivity index (χ1) is 50.2. The van der Waals surface area contributed by atoms with Crippen LogP contribution in [0.1, 0.15) is 367 Å². The van der Waals surface area contributed by atoms with Crippen molar-refractivity contribution in [3.05, 3.63) is 235 Å². The fourth-order valence-electron chi connectivity index (χ4n) is 19.8. The van der Waals surface area contributed by atoms with Gasteiger partial charge < -0.3 is 0 Å². The highest BCUT2D eigenvalue weighted by molar-refractivity contribution is 5.94. The van der Waals surface area contributed by atoms with E-state index in [0.29, 0.717) is 24.2 Å². The summed E-state index contributed by atoms with van der Waals surface area (Å²) >= 11 is 0. The van der Waals surface area contributed by atoms with E-state index in [2.05, 4.69) is 318 Å². The third-order valence-electron chi connectivity index (χ3n) is 26.0. The summed E-state index contributed by atoms with van der Waals surface area (Å²) in [7, 11) is 0. The Labute approximate surface area is 649 Å². The van der Waals surface area contributed by atoms with Crippen LogP contribution in [0.15, 0.2) is 152 Å². The first-order valence-electron chi connectivity index (χ1n) is 42.3. The van der Waals surface area contributed by atoms with E-state index >= 15 is 0 Å². The predicted molar refractivity (Wildman–Crippen MR) is 468 cm³/mol. The largest absolute Gasteiger partial charge is 0.248 e. The molecule has 0 aromatic heterocycles. The van der Waals surface area contributed by atoms with E-state index in [1.165, 1.54) is 211 Å². The number of fused-ring (bicyclic) bond motifs is 5. The maximum Gasteiger partial charge on any atom is 0.248 e. The zero-order valence-electron chi connectivity index (χ0n) is 71.5. The second kappa shape index (κ2) is 33.5. The molecule has 10 aromatic carbocycles. The lowest BCUT2D eigenvalue weighted by Gasteiger charge is -2.36. The van der Waals surface area contributed by atoms with Crippen LogP contribution in [0.4, 0.5) is 8.78 Å². The van der Waals surface area contributed by atoms with Gasteiger partial charge in [-0.1, -0.05) is 315 Å². The zero-order chi connectivity index (χ0) is 77.9. The number of aryl methyl sites for hydroxylation is 5. The van der Waals surface area contributed by atoms with Crippen LogP contribution in [0, 0.1) is 40.0 Å². The van der Waals surface area contributed by atoms with Gasteiger partial charge in [0.25, 0.3) is 0 Å². The molecule has 4 fully saturated rings. The van der Waals surface area contributed by atoms with Gasteiger partial charge in [0.15, 0.2) is 0 Å². The smallest absolute Gasteiger partial charge is 0.207 e. The summed E-state index contributed by atoms with van der Waals surface area (Å²) in [5.74, 6) is 0.730. The Morgan fingerprint density at radius 3 is 0.776 bits per heavy atom. The monoisotopic (exact) mass is 1440 g/mol. The van der Waals surface area contributed by atoms with Crippen molar-refractivity contribution < 1.29 is 8.78 Å². The lowest BCUT2D eigenvalue weighted by atomic mass is 9.69. The predicted octanol–water partition coefficient (Wildman–Crippen LogP) is 32.8. The molecule has 0 atom stereocenters. The van der Waals surface area contributed by atoms with Gasteiger partial charge in [-0.2, -0.15) is 0 Å². The molecule has 0 saturated heterocycles. The molecule has 0 bridgehead atoms. The normalized spacial score (nSPS) is 17.1. The average Bonchev–Trinajstić information content (AvgIpc) is 0.955. The van der Waals surface area contributed by atoms with Gasteiger partial charge in [0.05, 0.1) is 0 Å². The van der Waals surface area contributed by atoms with Crippen LogP contribution in [0.5, 0.6) is 0 Å². The van der Waals surface area contributed by atoms with Crippen LogP contribution < -0.4 is 0 Å². The molecule has 107 heavy (non-hydrogen) atoms. The molecule has 4 aliphatic rings. The molecule has 0 aliphatic heterocycles. The fraction of sp³-hybridized carbons (Fsp3) is 0.524. The van der Waals surface area contributed by atoms with Crippen molar-refractivity contribution in [1.82, 2.24) is 0 Å². The number of benzene rings is 10. The van der Waals surface area contributed by atoms with E-state index in [1.807, 2.05) is 0 Å². The number of hydrogen-bond acceptors (Lipinski definition) is 0. The van der Waals surface area contributed by atoms with Crippen LogP contribution in [-0.4, -0.2) is 5.92 Å². The highest BCUT2D eigenvalue weighted by Gasteiger charge is 2.37. The highest BCUT2D eigenvalue weighted by Crippen LogP contribution is 2.50. The summed E-state index contributed by atoms with van der Waals surface area (Å²) in [5.41, 5.74) is 23.7. The lowest BCUT2D eigenvalue weighted by molar-refractivity contribution is -0.0381. The van der Waals surface area contributed by atoms with E-state index in [9.17, 15) is 8.78 Å². The molecule has 0 radical (unpaired) electrons. The second-order valence-electron chi connectivity index (χ2n) is 39.6. The van der Waals surface area contributed by atoms with Crippen LogP contribution in [-0.2, 0) is 27.1 Å². The van der Waals surface area contributed by atoms with Crippen molar-refractivity contribution in [2.45, 2.75) is 351 Å². The molecule has 0 N–H and O–H groups in total. The van der Waals surface area contributed by atoms with Gasteiger partial charge >= 0.3 is 0 Å². The first kappa shape index (κ1) is 82.8. The molecule has 2 heteroatoms. The molecule has 4 aliphatic carbocycles. The Bertz CT molecular complexity index is 4430. The van der Waals surface area contributed by atoms with E-state index in [1.54, 1.807) is 22.3 Å². The standard InChI is InChI=1S/C23H32.C21H26F2.C21H28.C20H26.C20H28/c1-16-18-9-7-8-10-19(18)20(15-21(16)22(2,3)4)17-11-13-23(5,6)14-12-17;1-14-16-7-5-6-8-17(16)18(13-19(14)20(2,3)4)15-9-11-21(22,23)12-10-15;1-15-17-12-8-9-13-18(17)19(14-20(15)21(2,3)4)16-10-6-5-7-11-16;1-14-16-11-7-8-12-17(16)18(15-9-5-6-10-15)13-19(14)20(2,3)4;1-7-15(8-2)18-13-19(20(4,5)6)14(3)16-11-9-10-12-17(16)18/h7-10,15,17H,11-14H2,1-6H3;5-8,13,15H,9-12H2,1-4H3;8-9,12-14,16H,5-7,10-11H2,1-4H3;7-8,11-13,15H,5-6,9-10H2,1-4H3;9-13,15H,7-8H2,1-6H3. The van der Waals surface area contributed by atoms with Crippen LogP contribution in [0.3, 0.4) is 0 Å². The fourth-order valence-corrected chi connectivity index (χ4v) is 19.8. The average molecular weight is 1440 g/mol. The minimum atomic E-state index is -2.47. The summed E-state index contributed by atoms with van der Waals surface area (Å²) in [6, 6.07) is 56.8. The molecule has 0 unspecified atom stereocenters. The molecule has 0 amide bonds. The number of rotatable bonds is 7. The highest BCUT2D eigenvalue weighted by atomic mass is 19.3. The van der Waals surface area contributed by atoms with Crippen molar-refractivity contribution in [2.75, 3.05) is 0 Å². The van der Waals surface area contributed by atoms with Gasteiger partial charge in [0, 0.05) is 12.8 Å². The minimum absolute atomic E-state index is 0.0186. The van der Waals surface area contributed by atoms with Crippen molar-refractivity contribution in [3.8, 4) is 0 Å². The molecule has 0 nitrogen and oxygen atoms in total. The summed E-state index contributed by atoms with van der Waals surface area (Å²) in [6.45, 7) is 55.5. The van der Waals surface area contributed by atoms with Crippen LogP contribution in [0.25, 0.3) is 53.9 Å². The summed E-state index contributed by atoms with van der Waals surface area (Å²) in [6.07, 6.45) is 21.5. The van der Waals surface area contributed by atoms with Crippen molar-refractivity contribution >= 4 is 53.9 Å². The third kappa shape index (κ3) is 19.2. The molecule has 574 valence electrons. The number of hydrogen-bond donors (Lipinski definition) is 0. The molecule has 14 rings (SSSR count). The van der Waals surface area contributed by atoms with Crippen molar-refractivity contribution in [1.29, 1.82) is 0 Å². The summed E-state index contributed by atoms with van der Waals surface area (Å²) in [4.78, 5) is 0. The lowest BCUT2D eigenvalue weighted by Crippen LogP contribution is -2.24. The Hall–Kier alpha value is -6.64. The van der Waals surface area contributed by atoms with Gasteiger partial charge in [0.1, 0.15) is 0 Å². The maximum atomic E-state index is 13.5. The third-order valence-corrected chi connectivity index (χ3v) is 26.0. The molecular weight excluding hydrogens is 1300 g/mol. The van der Waals surface area contributed by atoms with Gasteiger partial charge in [-0.05, 0) is 311 Å². The summed E-state index contributed by atoms with van der Waals surface area (Å²) < 4.78 is 27.1. The molecule has 0 heterocycles. The van der Waals surface area contributed by atoms with E-state index < -0.39 is 5.92 Å². The summed E-state index contributed by atoms with van der Waals surface area (Å²) in [5, 5.41) is 14.3. The molecule has 10 aromatic rings. The first-order valence-corrected chi connectivity index (χ1v) is 42.3. The van der Waals surface area contributed by atoms with E-state index in [-0.39, 0.29) is 45.8 Å². The van der Waals surface area contributed by atoms with Gasteiger partial charge in [0.2, 0.25) is 5.92 Å². The number of halogens is 2. The topological polar surface area (TPSA) is 0 Å². The van der Waals surface area contributed by atoms with Gasteiger partial charge in [-0.25, -0.2) is 8.78 Å². The Morgan fingerprint density at radius 1 is 0.299 bits per heavy atom. The molecule has 0 spiro atoms. The quantitative estimate of drug-likeness (QED) is 0.149. The SMILES string of the molecule is CCC(CC)c1cc(C(C)(C)C)c(C)c2ccccc12.Cc1c(C(C)(C)C)cc(C2CCC(C)(C)CC2)c2ccccc12.Cc1c(C(C)(C)C)cc(C2CCC(F)(F)CC2)c2ccccc12.Cc1c(C(C)(C)C)cc(C2CCCC2)c2ccccc12.Cc1c(C(C)(C)C)cc(C2CCCCC2)c2ccccc12. The minimum Gasteiger partial charge on any atom is -0.207 e. The van der Waals surface area contributed by atoms with Gasteiger partial charge in [-0.3, -0.25) is 0 Å². The molecular formula is C105H140F2.